The van der Waals surface area contributed by atoms with Gasteiger partial charge in [0.1, 0.15) is 0 Å². The van der Waals surface area contributed by atoms with E-state index in [9.17, 15) is 9.59 Å². The Hall–Kier alpha value is -1.92. The molecule has 3 N–H and O–H groups in total. The van der Waals surface area contributed by atoms with Crippen molar-refractivity contribution in [1.29, 1.82) is 0 Å². The lowest BCUT2D eigenvalue weighted by molar-refractivity contribution is -0.120. The number of amides is 1. The Morgan fingerprint density at radius 2 is 2.05 bits per heavy atom. The van der Waals surface area contributed by atoms with E-state index in [0.717, 1.165) is 0 Å². The Labute approximate surface area is 111 Å². The third-order valence-electron chi connectivity index (χ3n) is 2.48. The quantitative estimate of drug-likeness (QED) is 0.587. The average Bonchev–Trinajstić information content (AvgIpc) is 2.39. The van der Waals surface area contributed by atoms with Crippen molar-refractivity contribution >= 4 is 11.9 Å². The minimum absolute atomic E-state index is 0.137. The second-order valence-electron chi connectivity index (χ2n) is 3.91. The molecule has 6 nitrogen and oxygen atoms in total. The molecule has 0 saturated heterocycles. The molecular weight excluding hydrogens is 248 g/mol. The first-order valence-corrected chi connectivity index (χ1v) is 5.92. The summed E-state index contributed by atoms with van der Waals surface area (Å²) in [7, 11) is 1.56. The minimum Gasteiger partial charge on any atom is -0.478 e. The van der Waals surface area contributed by atoms with Crippen LogP contribution in [0.4, 0.5) is 0 Å². The summed E-state index contributed by atoms with van der Waals surface area (Å²) in [4.78, 5) is 22.4. The number of nitrogens with one attached hydrogen (secondary N) is 2. The van der Waals surface area contributed by atoms with Gasteiger partial charge in [0.2, 0.25) is 5.91 Å². The van der Waals surface area contributed by atoms with Crippen molar-refractivity contribution in [2.75, 3.05) is 26.8 Å². The molecule has 0 aliphatic heterocycles. The Morgan fingerprint density at radius 1 is 1.32 bits per heavy atom. The molecule has 104 valence electrons. The molecule has 1 rings (SSSR count). The number of hydrogen-bond acceptors (Lipinski definition) is 4. The van der Waals surface area contributed by atoms with E-state index >= 15 is 0 Å². The van der Waals surface area contributed by atoms with Crippen LogP contribution < -0.4 is 10.6 Å². The van der Waals surface area contributed by atoms with Gasteiger partial charge in [-0.25, -0.2) is 4.79 Å². The van der Waals surface area contributed by atoms with Crippen LogP contribution >= 0.6 is 0 Å². The second-order valence-corrected chi connectivity index (χ2v) is 3.91. The summed E-state index contributed by atoms with van der Waals surface area (Å²) >= 11 is 0. The first-order valence-electron chi connectivity index (χ1n) is 5.92. The number of benzene rings is 1. The summed E-state index contributed by atoms with van der Waals surface area (Å²) in [6, 6.07) is 6.70. The largest absolute Gasteiger partial charge is 0.478 e. The number of carbonyl (C=O) groups excluding carboxylic acids is 1. The van der Waals surface area contributed by atoms with E-state index in [1.807, 2.05) is 0 Å². The van der Waals surface area contributed by atoms with Crippen molar-refractivity contribution in [3.8, 4) is 0 Å². The number of rotatable bonds is 8. The van der Waals surface area contributed by atoms with Crippen LogP contribution in [0.2, 0.25) is 0 Å². The highest BCUT2D eigenvalue weighted by Gasteiger charge is 2.08. The second kappa shape index (κ2) is 8.23. The molecule has 0 saturated carbocycles. The monoisotopic (exact) mass is 266 g/mol. The van der Waals surface area contributed by atoms with Crippen LogP contribution in [0.25, 0.3) is 0 Å². The molecule has 0 bridgehead atoms. The number of hydrogen-bond donors (Lipinski definition) is 3. The summed E-state index contributed by atoms with van der Waals surface area (Å²) in [6.07, 6.45) is 0. The molecular formula is C13H18N2O4. The molecule has 0 heterocycles. The first kappa shape index (κ1) is 15.1. The van der Waals surface area contributed by atoms with E-state index in [1.54, 1.807) is 25.3 Å². The van der Waals surface area contributed by atoms with Gasteiger partial charge in [-0.05, 0) is 11.6 Å². The summed E-state index contributed by atoms with van der Waals surface area (Å²) in [5.74, 6) is -1.12. The number of methoxy groups -OCH3 is 1. The maximum atomic E-state index is 11.4. The fourth-order valence-corrected chi connectivity index (χ4v) is 1.55. The number of carbonyl (C=O) groups is 2. The molecule has 0 spiro atoms. The van der Waals surface area contributed by atoms with E-state index in [2.05, 4.69) is 10.6 Å². The summed E-state index contributed by atoms with van der Waals surface area (Å²) in [5, 5.41) is 14.6. The van der Waals surface area contributed by atoms with Gasteiger partial charge < -0.3 is 20.5 Å². The maximum absolute atomic E-state index is 11.4. The van der Waals surface area contributed by atoms with Gasteiger partial charge >= 0.3 is 5.97 Å². The highest BCUT2D eigenvalue weighted by molar-refractivity contribution is 5.89. The number of aromatic carboxylic acids is 1. The van der Waals surface area contributed by atoms with Crippen molar-refractivity contribution in [2.45, 2.75) is 6.54 Å². The predicted octanol–water partition coefficient (Wildman–Crippen LogP) is 0.237. The summed E-state index contributed by atoms with van der Waals surface area (Å²) < 4.78 is 4.81. The van der Waals surface area contributed by atoms with Crippen LogP contribution in [-0.4, -0.2) is 43.8 Å². The lowest BCUT2D eigenvalue weighted by Crippen LogP contribution is -2.35. The van der Waals surface area contributed by atoms with E-state index in [4.69, 9.17) is 9.84 Å². The standard InChI is InChI=1S/C13H18N2O4/c1-19-7-6-15-12(16)9-14-8-10-4-2-3-5-11(10)13(17)18/h2-5,14H,6-9H2,1H3,(H,15,16)(H,17,18). The molecule has 1 aromatic rings. The van der Waals surface area contributed by atoms with Gasteiger partial charge in [-0.2, -0.15) is 0 Å². The fourth-order valence-electron chi connectivity index (χ4n) is 1.55. The summed E-state index contributed by atoms with van der Waals surface area (Å²) in [6.45, 7) is 1.40. The van der Waals surface area contributed by atoms with E-state index in [1.165, 1.54) is 6.07 Å². The number of ether oxygens (including phenoxy) is 1. The van der Waals surface area contributed by atoms with Gasteiger partial charge in [0, 0.05) is 20.2 Å². The van der Waals surface area contributed by atoms with Crippen LogP contribution in [0.5, 0.6) is 0 Å². The van der Waals surface area contributed by atoms with Crippen LogP contribution in [0.3, 0.4) is 0 Å². The SMILES string of the molecule is COCCNC(=O)CNCc1ccccc1C(=O)O. The van der Waals surface area contributed by atoms with E-state index in [0.29, 0.717) is 25.3 Å². The van der Waals surface area contributed by atoms with E-state index in [-0.39, 0.29) is 18.0 Å². The van der Waals surface area contributed by atoms with Gasteiger partial charge in [0.25, 0.3) is 0 Å². The van der Waals surface area contributed by atoms with Gasteiger partial charge in [-0.1, -0.05) is 18.2 Å². The Balaban J connectivity index is 2.37. The van der Waals surface area contributed by atoms with Gasteiger partial charge in [0.05, 0.1) is 18.7 Å². The molecule has 0 aliphatic carbocycles. The van der Waals surface area contributed by atoms with Gasteiger partial charge in [-0.15, -0.1) is 0 Å². The van der Waals surface area contributed by atoms with Gasteiger partial charge in [0.15, 0.2) is 0 Å². The van der Waals surface area contributed by atoms with Crippen LogP contribution in [0.1, 0.15) is 15.9 Å². The molecule has 1 amide bonds. The van der Waals surface area contributed by atoms with Crippen molar-refractivity contribution in [3.63, 3.8) is 0 Å². The van der Waals surface area contributed by atoms with Crippen LogP contribution in [0, 0.1) is 0 Å². The maximum Gasteiger partial charge on any atom is 0.336 e. The lowest BCUT2D eigenvalue weighted by Gasteiger charge is -2.08. The zero-order valence-electron chi connectivity index (χ0n) is 10.8. The Bertz CT molecular complexity index is 434. The first-order chi connectivity index (χ1) is 9.15. The molecule has 0 atom stereocenters. The van der Waals surface area contributed by atoms with Gasteiger partial charge in [-0.3, -0.25) is 4.79 Å². The number of carboxylic acids is 1. The van der Waals surface area contributed by atoms with Crippen molar-refractivity contribution in [1.82, 2.24) is 10.6 Å². The van der Waals surface area contributed by atoms with Crippen molar-refractivity contribution < 1.29 is 19.4 Å². The highest BCUT2D eigenvalue weighted by Crippen LogP contribution is 2.07. The average molecular weight is 266 g/mol. The normalized spacial score (nSPS) is 10.2. The van der Waals surface area contributed by atoms with E-state index < -0.39 is 5.97 Å². The predicted molar refractivity (Wildman–Crippen MR) is 70.0 cm³/mol. The Morgan fingerprint density at radius 3 is 2.74 bits per heavy atom. The minimum atomic E-state index is -0.970. The zero-order chi connectivity index (χ0) is 14.1. The molecule has 0 aliphatic rings. The molecule has 6 heteroatoms. The Kier molecular flexibility index (Phi) is 6.56. The zero-order valence-corrected chi connectivity index (χ0v) is 10.8. The smallest absolute Gasteiger partial charge is 0.336 e. The highest BCUT2D eigenvalue weighted by atomic mass is 16.5. The van der Waals surface area contributed by atoms with Crippen LogP contribution in [0.15, 0.2) is 24.3 Å². The van der Waals surface area contributed by atoms with Crippen molar-refractivity contribution in [3.05, 3.63) is 35.4 Å². The van der Waals surface area contributed by atoms with Crippen molar-refractivity contribution in [2.24, 2.45) is 0 Å². The summed E-state index contributed by atoms with van der Waals surface area (Å²) in [5.41, 5.74) is 0.898. The topological polar surface area (TPSA) is 87.7 Å². The molecule has 0 radical (unpaired) electrons. The number of carboxylic acid groups (broad SMARTS) is 1. The molecule has 0 aromatic heterocycles. The molecule has 0 unspecified atom stereocenters. The van der Waals surface area contributed by atoms with Crippen LogP contribution in [-0.2, 0) is 16.1 Å². The fraction of sp³-hybridized carbons (Fsp3) is 0.385. The molecule has 0 fully saturated rings. The third-order valence-corrected chi connectivity index (χ3v) is 2.48. The third kappa shape index (κ3) is 5.50. The molecule has 1 aromatic carbocycles. The lowest BCUT2D eigenvalue weighted by atomic mass is 10.1. The molecule has 19 heavy (non-hydrogen) atoms.